The highest BCUT2D eigenvalue weighted by Gasteiger charge is 2.01. The molecule has 1 amide bonds. The summed E-state index contributed by atoms with van der Waals surface area (Å²) in [6.45, 7) is 5.44. The van der Waals surface area contributed by atoms with Gasteiger partial charge in [-0.3, -0.25) is 4.79 Å². The maximum Gasteiger partial charge on any atom is 0.333 e. The number of hydrogen-bond donors (Lipinski definition) is 1. The van der Waals surface area contributed by atoms with Gasteiger partial charge in [-0.15, -0.1) is 0 Å². The first-order valence-electron chi connectivity index (χ1n) is 4.65. The third-order valence-electron chi connectivity index (χ3n) is 1.65. The number of hydrogen-bond acceptors (Lipinski definition) is 3. The van der Waals surface area contributed by atoms with Gasteiger partial charge >= 0.3 is 5.97 Å². The van der Waals surface area contributed by atoms with Gasteiger partial charge in [0.2, 0.25) is 5.91 Å². The van der Waals surface area contributed by atoms with Crippen molar-refractivity contribution in [2.24, 2.45) is 5.73 Å². The van der Waals surface area contributed by atoms with E-state index in [2.05, 4.69) is 6.58 Å². The monoisotopic (exact) mass is 199 g/mol. The molecule has 0 spiro atoms. The predicted octanol–water partition coefficient (Wildman–Crippen LogP) is 1.15. The first-order valence-corrected chi connectivity index (χ1v) is 4.65. The van der Waals surface area contributed by atoms with Crippen LogP contribution in [0.2, 0.25) is 0 Å². The first kappa shape index (κ1) is 12.7. The average molecular weight is 199 g/mol. The summed E-state index contributed by atoms with van der Waals surface area (Å²) in [6.07, 6.45) is 2.74. The molecule has 2 N–H and O–H groups in total. The van der Waals surface area contributed by atoms with Crippen molar-refractivity contribution in [3.05, 3.63) is 12.2 Å². The Balaban J connectivity index is 3.26. The van der Waals surface area contributed by atoms with E-state index in [4.69, 9.17) is 10.5 Å². The second-order valence-corrected chi connectivity index (χ2v) is 3.19. The zero-order chi connectivity index (χ0) is 11.0. The molecule has 0 aromatic rings. The number of carbonyl (C=O) groups excluding carboxylic acids is 2. The molecule has 0 radical (unpaired) electrons. The lowest BCUT2D eigenvalue weighted by atomic mass is 10.2. The number of ether oxygens (including phenoxy) is 1. The molecule has 0 unspecified atom stereocenters. The molecule has 0 bridgehead atoms. The van der Waals surface area contributed by atoms with Gasteiger partial charge in [-0.05, 0) is 26.2 Å². The summed E-state index contributed by atoms with van der Waals surface area (Å²) < 4.78 is 4.86. The van der Waals surface area contributed by atoms with Crippen LogP contribution in [0.4, 0.5) is 0 Å². The zero-order valence-electron chi connectivity index (χ0n) is 8.54. The minimum atomic E-state index is -0.361. The Kier molecular flexibility index (Phi) is 6.45. The van der Waals surface area contributed by atoms with Crippen LogP contribution in [0.15, 0.2) is 12.2 Å². The van der Waals surface area contributed by atoms with E-state index in [1.165, 1.54) is 0 Å². The van der Waals surface area contributed by atoms with Gasteiger partial charge in [0.15, 0.2) is 0 Å². The summed E-state index contributed by atoms with van der Waals surface area (Å²) in [5.41, 5.74) is 5.36. The van der Waals surface area contributed by atoms with Gasteiger partial charge in [0.25, 0.3) is 0 Å². The smallest absolute Gasteiger partial charge is 0.333 e. The third-order valence-corrected chi connectivity index (χ3v) is 1.65. The van der Waals surface area contributed by atoms with Gasteiger partial charge in [-0.2, -0.15) is 0 Å². The van der Waals surface area contributed by atoms with E-state index in [0.29, 0.717) is 18.6 Å². The molecule has 4 heteroatoms. The molecule has 0 saturated carbocycles. The van der Waals surface area contributed by atoms with E-state index >= 15 is 0 Å². The van der Waals surface area contributed by atoms with Gasteiger partial charge in [0.05, 0.1) is 6.61 Å². The zero-order valence-corrected chi connectivity index (χ0v) is 8.54. The highest BCUT2D eigenvalue weighted by molar-refractivity contribution is 5.86. The van der Waals surface area contributed by atoms with Crippen molar-refractivity contribution in [3.8, 4) is 0 Å². The fourth-order valence-electron chi connectivity index (χ4n) is 0.866. The molecule has 0 aromatic heterocycles. The molecule has 0 atom stereocenters. The van der Waals surface area contributed by atoms with E-state index in [-0.39, 0.29) is 11.9 Å². The van der Waals surface area contributed by atoms with Crippen LogP contribution < -0.4 is 5.73 Å². The lowest BCUT2D eigenvalue weighted by Crippen LogP contribution is -2.10. The van der Waals surface area contributed by atoms with Crippen molar-refractivity contribution in [1.29, 1.82) is 0 Å². The van der Waals surface area contributed by atoms with Gasteiger partial charge in [0, 0.05) is 12.0 Å². The Labute approximate surface area is 84.1 Å². The van der Waals surface area contributed by atoms with Crippen LogP contribution in [0.3, 0.4) is 0 Å². The van der Waals surface area contributed by atoms with Gasteiger partial charge < -0.3 is 10.5 Å². The number of rotatable bonds is 7. The van der Waals surface area contributed by atoms with E-state index in [1.54, 1.807) is 6.92 Å². The summed E-state index contributed by atoms with van der Waals surface area (Å²) in [6, 6.07) is 0. The summed E-state index contributed by atoms with van der Waals surface area (Å²) in [4.78, 5) is 21.2. The predicted molar refractivity (Wildman–Crippen MR) is 53.4 cm³/mol. The number of unbranched alkanes of at least 4 members (excludes halogenated alkanes) is 2. The number of amides is 1. The molecule has 4 nitrogen and oxygen atoms in total. The first-order chi connectivity index (χ1) is 6.54. The van der Waals surface area contributed by atoms with Crippen LogP contribution >= 0.6 is 0 Å². The van der Waals surface area contributed by atoms with Crippen molar-refractivity contribution < 1.29 is 14.3 Å². The standard InChI is InChI=1S/C10H17NO3/c1-8(2)10(13)14-7-5-3-4-6-9(11)12/h1,3-7H2,2H3,(H2,11,12). The van der Waals surface area contributed by atoms with Crippen LogP contribution in [0.25, 0.3) is 0 Å². The van der Waals surface area contributed by atoms with E-state index < -0.39 is 0 Å². The summed E-state index contributed by atoms with van der Waals surface area (Å²) in [7, 11) is 0. The lowest BCUT2D eigenvalue weighted by molar-refractivity contribution is -0.139. The SMILES string of the molecule is C=C(C)C(=O)OCCCCCC(N)=O. The molecule has 0 aliphatic carbocycles. The van der Waals surface area contributed by atoms with E-state index in [9.17, 15) is 9.59 Å². The molecule has 0 saturated heterocycles. The molecule has 0 aliphatic heterocycles. The van der Waals surface area contributed by atoms with Crippen molar-refractivity contribution >= 4 is 11.9 Å². The lowest BCUT2D eigenvalue weighted by Gasteiger charge is -2.03. The molecular weight excluding hydrogens is 182 g/mol. The number of nitrogens with two attached hydrogens (primary N) is 1. The van der Waals surface area contributed by atoms with E-state index in [1.807, 2.05) is 0 Å². The molecule has 0 rings (SSSR count). The highest BCUT2D eigenvalue weighted by atomic mass is 16.5. The van der Waals surface area contributed by atoms with E-state index in [0.717, 1.165) is 19.3 Å². The third kappa shape index (κ3) is 7.34. The summed E-state index contributed by atoms with van der Waals surface area (Å²) in [5.74, 6) is -0.649. The van der Waals surface area contributed by atoms with Gasteiger partial charge in [-0.1, -0.05) is 6.58 Å². The van der Waals surface area contributed by atoms with Crippen LogP contribution in [-0.4, -0.2) is 18.5 Å². The molecule has 0 heterocycles. The molecular formula is C10H17NO3. The van der Waals surface area contributed by atoms with Crippen molar-refractivity contribution in [2.45, 2.75) is 32.6 Å². The molecule has 0 aliphatic rings. The maximum absolute atomic E-state index is 10.9. The Hall–Kier alpha value is -1.32. The van der Waals surface area contributed by atoms with Crippen LogP contribution in [0.1, 0.15) is 32.6 Å². The largest absolute Gasteiger partial charge is 0.462 e. The van der Waals surface area contributed by atoms with Gasteiger partial charge in [0.1, 0.15) is 0 Å². The Morgan fingerprint density at radius 2 is 1.93 bits per heavy atom. The number of esters is 1. The fourth-order valence-corrected chi connectivity index (χ4v) is 0.866. The Morgan fingerprint density at radius 1 is 1.29 bits per heavy atom. The molecule has 0 aromatic carbocycles. The quantitative estimate of drug-likeness (QED) is 0.380. The maximum atomic E-state index is 10.9. The molecule has 80 valence electrons. The van der Waals surface area contributed by atoms with Crippen LogP contribution in [-0.2, 0) is 14.3 Å². The van der Waals surface area contributed by atoms with Crippen molar-refractivity contribution in [1.82, 2.24) is 0 Å². The second kappa shape index (κ2) is 7.12. The second-order valence-electron chi connectivity index (χ2n) is 3.19. The van der Waals surface area contributed by atoms with Crippen LogP contribution in [0.5, 0.6) is 0 Å². The van der Waals surface area contributed by atoms with Gasteiger partial charge in [-0.25, -0.2) is 4.79 Å². The molecule has 14 heavy (non-hydrogen) atoms. The Bertz CT molecular complexity index is 223. The van der Waals surface area contributed by atoms with Crippen molar-refractivity contribution in [3.63, 3.8) is 0 Å². The minimum Gasteiger partial charge on any atom is -0.462 e. The Morgan fingerprint density at radius 3 is 2.43 bits per heavy atom. The fraction of sp³-hybridized carbons (Fsp3) is 0.600. The summed E-state index contributed by atoms with van der Waals surface area (Å²) in [5, 5.41) is 0. The van der Waals surface area contributed by atoms with Crippen molar-refractivity contribution in [2.75, 3.05) is 6.61 Å². The normalized spacial score (nSPS) is 9.50. The highest BCUT2D eigenvalue weighted by Crippen LogP contribution is 2.00. The average Bonchev–Trinajstić information content (AvgIpc) is 2.09. The minimum absolute atomic E-state index is 0.288. The summed E-state index contributed by atoms with van der Waals surface area (Å²) >= 11 is 0. The number of primary amides is 1. The number of carbonyl (C=O) groups is 2. The molecule has 0 fully saturated rings. The van der Waals surface area contributed by atoms with Crippen LogP contribution in [0, 0.1) is 0 Å². The topological polar surface area (TPSA) is 69.4 Å².